The van der Waals surface area contributed by atoms with Crippen LogP contribution in [0.15, 0.2) is 29.5 Å². The normalized spacial score (nSPS) is 14.0. The summed E-state index contributed by atoms with van der Waals surface area (Å²) < 4.78 is 0. The van der Waals surface area contributed by atoms with E-state index < -0.39 is 6.09 Å². The summed E-state index contributed by atoms with van der Waals surface area (Å²) in [7, 11) is 0. The topological polar surface area (TPSA) is 84.4 Å². The van der Waals surface area contributed by atoms with E-state index >= 15 is 0 Å². The fourth-order valence-corrected chi connectivity index (χ4v) is 0.507. The lowest BCUT2D eigenvalue weighted by Gasteiger charge is -2.03. The summed E-state index contributed by atoms with van der Waals surface area (Å²) in [5.41, 5.74) is 0. The van der Waals surface area contributed by atoms with Gasteiger partial charge in [0, 0.05) is 12.4 Å². The fourth-order valence-electron chi connectivity index (χ4n) is 0.507. The van der Waals surface area contributed by atoms with Crippen LogP contribution in [0.4, 0.5) is 4.79 Å². The van der Waals surface area contributed by atoms with Crippen molar-refractivity contribution in [3.8, 4) is 0 Å². The van der Waals surface area contributed by atoms with Crippen molar-refractivity contribution in [1.29, 1.82) is 0 Å². The highest BCUT2D eigenvalue weighted by Gasteiger charge is 2.03. The van der Waals surface area contributed by atoms with E-state index in [1.807, 2.05) is 0 Å². The number of carbonyl (C=O) groups is 1. The van der Waals surface area contributed by atoms with E-state index in [4.69, 9.17) is 5.11 Å². The van der Waals surface area contributed by atoms with E-state index in [1.54, 1.807) is 18.2 Å². The van der Waals surface area contributed by atoms with Gasteiger partial charge in [0.25, 0.3) is 0 Å². The van der Waals surface area contributed by atoms with E-state index in [-0.39, 0.29) is 5.48 Å². The maximum atomic E-state index is 10.2. The van der Waals surface area contributed by atoms with Crippen LogP contribution in [-0.4, -0.2) is 27.9 Å². The van der Waals surface area contributed by atoms with Gasteiger partial charge in [-0.05, 0) is 12.2 Å². The minimum atomic E-state index is -1.09. The molecule has 0 unspecified atom stereocenters. The molecule has 5 heteroatoms. The predicted octanol–water partition coefficient (Wildman–Crippen LogP) is 0.211. The third-order valence-corrected chi connectivity index (χ3v) is 0.923. The van der Waals surface area contributed by atoms with Gasteiger partial charge in [0.2, 0.25) is 0 Å². The Morgan fingerprint density at radius 3 is 2.73 bits per heavy atom. The molecular weight excluding hydrogens is 148 g/mol. The summed E-state index contributed by atoms with van der Waals surface area (Å²) in [6.07, 6.45) is 6.64. The van der Waals surface area contributed by atoms with E-state index in [1.165, 1.54) is 12.4 Å². The zero-order valence-electron chi connectivity index (χ0n) is 5.64. The molecule has 0 saturated heterocycles. The maximum Gasteiger partial charge on any atom is 0.432 e. The Morgan fingerprint density at radius 2 is 2.09 bits per heavy atom. The molecule has 11 heavy (non-hydrogen) atoms. The number of amides is 1. The van der Waals surface area contributed by atoms with Crippen molar-refractivity contribution in [3.05, 3.63) is 24.4 Å². The number of hydrogen-bond donors (Lipinski definition) is 1. The first kappa shape index (κ1) is 9.38. The Bertz CT molecular complexity index is 204. The highest BCUT2D eigenvalue weighted by atomic mass is 16.4. The van der Waals surface area contributed by atoms with Gasteiger partial charge in [-0.25, -0.2) is 4.79 Å². The highest BCUT2D eigenvalue weighted by molar-refractivity contribution is 5.75. The molecule has 5 nitrogen and oxygen atoms in total. The summed E-state index contributed by atoms with van der Waals surface area (Å²) in [6.45, 7) is 0. The third-order valence-electron chi connectivity index (χ3n) is 0.923. The van der Waals surface area contributed by atoms with Crippen LogP contribution in [0.25, 0.3) is 0 Å². The van der Waals surface area contributed by atoms with Crippen molar-refractivity contribution < 1.29 is 15.4 Å². The van der Waals surface area contributed by atoms with E-state index in [0.717, 1.165) is 5.01 Å². The van der Waals surface area contributed by atoms with Crippen molar-refractivity contribution in [2.45, 2.75) is 0 Å². The molecule has 0 bridgehead atoms. The minimum absolute atomic E-state index is 0. The molecular formula is C6H8N2O3. The quantitative estimate of drug-likeness (QED) is 0.543. The molecule has 1 amide bonds. The van der Waals surface area contributed by atoms with Crippen LogP contribution < -0.4 is 0 Å². The monoisotopic (exact) mass is 156 g/mol. The summed E-state index contributed by atoms with van der Waals surface area (Å²) >= 11 is 0. The molecule has 0 aromatic carbocycles. The summed E-state index contributed by atoms with van der Waals surface area (Å²) in [4.78, 5) is 10.2. The molecule has 1 rings (SSSR count). The van der Waals surface area contributed by atoms with Crippen molar-refractivity contribution in [2.75, 3.05) is 0 Å². The van der Waals surface area contributed by atoms with E-state index in [9.17, 15) is 4.79 Å². The van der Waals surface area contributed by atoms with Gasteiger partial charge in [-0.2, -0.15) is 10.1 Å². The van der Waals surface area contributed by atoms with Crippen LogP contribution in [0.2, 0.25) is 0 Å². The van der Waals surface area contributed by atoms with Gasteiger partial charge in [-0.15, -0.1) is 0 Å². The van der Waals surface area contributed by atoms with Gasteiger partial charge >= 0.3 is 6.09 Å². The Morgan fingerprint density at radius 1 is 1.36 bits per heavy atom. The first-order valence-corrected chi connectivity index (χ1v) is 2.70. The number of allylic oxidation sites excluding steroid dienone is 3. The van der Waals surface area contributed by atoms with Crippen LogP contribution in [0.1, 0.15) is 0 Å². The Hall–Kier alpha value is -1.62. The second kappa shape index (κ2) is 4.24. The highest BCUT2D eigenvalue weighted by Crippen LogP contribution is 1.94. The fraction of sp³-hybridized carbons (Fsp3) is 0. The average Bonchev–Trinajstić information content (AvgIpc) is 2.12. The second-order valence-corrected chi connectivity index (χ2v) is 1.62. The van der Waals surface area contributed by atoms with Gasteiger partial charge in [0.15, 0.2) is 0 Å². The molecule has 1 aliphatic rings. The van der Waals surface area contributed by atoms with Gasteiger partial charge in [-0.3, -0.25) is 0 Å². The molecule has 0 aliphatic carbocycles. The lowest BCUT2D eigenvalue weighted by molar-refractivity contribution is 0.164. The van der Waals surface area contributed by atoms with Crippen LogP contribution >= 0.6 is 0 Å². The molecule has 0 spiro atoms. The molecule has 0 aromatic rings. The first-order chi connectivity index (χ1) is 4.80. The number of rotatable bonds is 0. The zero-order chi connectivity index (χ0) is 7.40. The molecule has 60 valence electrons. The van der Waals surface area contributed by atoms with Crippen molar-refractivity contribution in [3.63, 3.8) is 0 Å². The molecule has 0 atom stereocenters. The number of nitrogens with zero attached hydrogens (tertiary/aromatic N) is 2. The Balaban J connectivity index is 0.000001000. The van der Waals surface area contributed by atoms with Crippen LogP contribution in [0.3, 0.4) is 0 Å². The molecule has 0 radical (unpaired) electrons. The Kier molecular flexibility index (Phi) is 3.61. The number of hydrazone groups is 1. The third kappa shape index (κ3) is 2.63. The lowest BCUT2D eigenvalue weighted by atomic mass is 10.5. The SMILES string of the molecule is O.O=C(O)N1C=CC=CC=N1. The van der Waals surface area contributed by atoms with Crippen molar-refractivity contribution in [2.24, 2.45) is 5.10 Å². The number of hydrogen-bond acceptors (Lipinski definition) is 2. The predicted molar refractivity (Wildman–Crippen MR) is 40.2 cm³/mol. The molecule has 0 aromatic heterocycles. The number of carboxylic acid groups (broad SMARTS) is 1. The van der Waals surface area contributed by atoms with Gasteiger partial charge in [-0.1, -0.05) is 6.08 Å². The standard InChI is InChI=1S/C6H6N2O2.H2O/c9-6(10)8-5-3-1-2-4-7-8;/h1-5H,(H,9,10);1H2. The van der Waals surface area contributed by atoms with Crippen LogP contribution in [0.5, 0.6) is 0 Å². The lowest BCUT2D eigenvalue weighted by Crippen LogP contribution is -2.16. The van der Waals surface area contributed by atoms with E-state index in [2.05, 4.69) is 5.10 Å². The smallest absolute Gasteiger partial charge is 0.432 e. The maximum absolute atomic E-state index is 10.2. The summed E-state index contributed by atoms with van der Waals surface area (Å²) in [5, 5.41) is 12.8. The van der Waals surface area contributed by atoms with Crippen molar-refractivity contribution in [1.82, 2.24) is 5.01 Å². The molecule has 0 fully saturated rings. The first-order valence-electron chi connectivity index (χ1n) is 2.70. The van der Waals surface area contributed by atoms with Crippen molar-refractivity contribution >= 4 is 12.3 Å². The molecule has 3 N–H and O–H groups in total. The Labute approximate surface area is 63.2 Å². The summed E-state index contributed by atoms with van der Waals surface area (Å²) in [5.74, 6) is 0. The summed E-state index contributed by atoms with van der Waals surface area (Å²) in [6, 6.07) is 0. The minimum Gasteiger partial charge on any atom is -0.463 e. The largest absolute Gasteiger partial charge is 0.463 e. The zero-order valence-corrected chi connectivity index (χ0v) is 5.64. The van der Waals surface area contributed by atoms with Gasteiger partial charge in [0.05, 0.1) is 0 Å². The van der Waals surface area contributed by atoms with Gasteiger partial charge < -0.3 is 10.6 Å². The molecule has 0 saturated carbocycles. The average molecular weight is 156 g/mol. The van der Waals surface area contributed by atoms with E-state index in [0.29, 0.717) is 0 Å². The van der Waals surface area contributed by atoms with Crippen LogP contribution in [-0.2, 0) is 0 Å². The van der Waals surface area contributed by atoms with Crippen LogP contribution in [0, 0.1) is 0 Å². The van der Waals surface area contributed by atoms with Gasteiger partial charge in [0.1, 0.15) is 0 Å². The molecule has 1 aliphatic heterocycles. The second-order valence-electron chi connectivity index (χ2n) is 1.62. The molecule has 1 heterocycles.